The summed E-state index contributed by atoms with van der Waals surface area (Å²) in [6.45, 7) is 1.86. The van der Waals surface area contributed by atoms with Crippen LogP contribution in [0, 0.1) is 0 Å². The van der Waals surface area contributed by atoms with E-state index in [2.05, 4.69) is 10.1 Å². The Morgan fingerprint density at radius 1 is 0.958 bits per heavy atom. The number of ether oxygens (including phenoxy) is 3. The van der Waals surface area contributed by atoms with Gasteiger partial charge in [0.15, 0.2) is 17.6 Å². The smallest absolute Gasteiger partial charge is 0.267 e. The van der Waals surface area contributed by atoms with Crippen LogP contribution in [0.4, 0.5) is 0 Å². The van der Waals surface area contributed by atoms with E-state index in [4.69, 9.17) is 18.7 Å². The van der Waals surface area contributed by atoms with Crippen LogP contribution in [0.15, 0.2) is 53.1 Å². The van der Waals surface area contributed by atoms with Gasteiger partial charge in [-0.15, -0.1) is 0 Å². The lowest BCUT2D eigenvalue weighted by atomic mass is 10.2. The van der Waals surface area contributed by atoms with Gasteiger partial charge in [-0.1, -0.05) is 23.4 Å². The number of rotatable bonds is 6. The van der Waals surface area contributed by atoms with E-state index in [-0.39, 0.29) is 6.10 Å². The van der Waals surface area contributed by atoms with Crippen LogP contribution in [-0.4, -0.2) is 24.4 Å². The molecule has 0 bridgehead atoms. The normalized spacial score (nSPS) is 11.8. The average Bonchev–Trinajstić information content (AvgIpc) is 3.12. The molecule has 1 heterocycles. The van der Waals surface area contributed by atoms with Crippen LogP contribution >= 0.6 is 0 Å². The van der Waals surface area contributed by atoms with E-state index in [0.717, 1.165) is 11.3 Å². The van der Waals surface area contributed by atoms with Crippen molar-refractivity contribution in [2.75, 3.05) is 14.2 Å². The first-order chi connectivity index (χ1) is 11.7. The maximum absolute atomic E-state index is 5.79. The minimum absolute atomic E-state index is 0.353. The second-order valence-electron chi connectivity index (χ2n) is 5.10. The van der Waals surface area contributed by atoms with Crippen molar-refractivity contribution in [2.24, 2.45) is 0 Å². The maximum Gasteiger partial charge on any atom is 0.267 e. The molecule has 0 aliphatic heterocycles. The average molecular weight is 326 g/mol. The van der Waals surface area contributed by atoms with Gasteiger partial charge >= 0.3 is 0 Å². The number of para-hydroxylation sites is 1. The fraction of sp³-hybridized carbons (Fsp3) is 0.222. The number of benzene rings is 2. The highest BCUT2D eigenvalue weighted by Crippen LogP contribution is 2.31. The third-order valence-corrected chi connectivity index (χ3v) is 3.49. The molecule has 0 fully saturated rings. The van der Waals surface area contributed by atoms with E-state index in [9.17, 15) is 0 Å². The summed E-state index contributed by atoms with van der Waals surface area (Å²) in [4.78, 5) is 4.41. The molecule has 0 saturated heterocycles. The zero-order valence-electron chi connectivity index (χ0n) is 13.7. The van der Waals surface area contributed by atoms with Crippen molar-refractivity contribution in [2.45, 2.75) is 13.0 Å². The van der Waals surface area contributed by atoms with E-state index in [1.54, 1.807) is 26.4 Å². The summed E-state index contributed by atoms with van der Waals surface area (Å²) in [7, 11) is 3.17. The standard InChI is InChI=1S/C18H18N2O4/c1-12(23-14-7-5-4-6-8-14)18-19-17(20-24-18)13-9-10-15(21-2)16(11-13)22-3/h4-12H,1-3H3/t12-/m1/s1. The quantitative estimate of drug-likeness (QED) is 0.684. The third-order valence-electron chi connectivity index (χ3n) is 3.49. The minimum Gasteiger partial charge on any atom is -0.493 e. The first-order valence-electron chi connectivity index (χ1n) is 7.49. The molecule has 6 nitrogen and oxygen atoms in total. The maximum atomic E-state index is 5.79. The molecule has 0 aliphatic carbocycles. The topological polar surface area (TPSA) is 66.6 Å². The Morgan fingerprint density at radius 3 is 2.42 bits per heavy atom. The van der Waals surface area contributed by atoms with Crippen molar-refractivity contribution in [3.8, 4) is 28.6 Å². The highest BCUT2D eigenvalue weighted by molar-refractivity contribution is 5.60. The van der Waals surface area contributed by atoms with Crippen LogP contribution in [0.5, 0.6) is 17.2 Å². The molecular formula is C18H18N2O4. The highest BCUT2D eigenvalue weighted by atomic mass is 16.5. The van der Waals surface area contributed by atoms with E-state index < -0.39 is 0 Å². The Labute approximate surface area is 140 Å². The van der Waals surface area contributed by atoms with E-state index in [1.165, 1.54) is 0 Å². The van der Waals surface area contributed by atoms with Crippen LogP contribution in [0.3, 0.4) is 0 Å². The van der Waals surface area contributed by atoms with Crippen molar-refractivity contribution in [1.29, 1.82) is 0 Å². The second kappa shape index (κ2) is 7.04. The highest BCUT2D eigenvalue weighted by Gasteiger charge is 2.17. The molecule has 1 aromatic heterocycles. The van der Waals surface area contributed by atoms with E-state index in [1.807, 2.05) is 43.3 Å². The Bertz CT molecular complexity index is 802. The SMILES string of the molecule is COc1ccc(-c2noc([C@@H](C)Oc3ccccc3)n2)cc1OC. The van der Waals surface area contributed by atoms with Crippen molar-refractivity contribution in [3.63, 3.8) is 0 Å². The van der Waals surface area contributed by atoms with Gasteiger partial charge in [-0.2, -0.15) is 4.98 Å². The van der Waals surface area contributed by atoms with Crippen LogP contribution < -0.4 is 14.2 Å². The summed E-state index contributed by atoms with van der Waals surface area (Å²) in [6, 6.07) is 14.9. The Morgan fingerprint density at radius 2 is 1.71 bits per heavy atom. The lowest BCUT2D eigenvalue weighted by Crippen LogP contribution is -2.03. The summed E-state index contributed by atoms with van der Waals surface area (Å²) < 4.78 is 21.6. The fourth-order valence-electron chi connectivity index (χ4n) is 2.25. The van der Waals surface area contributed by atoms with Gasteiger partial charge < -0.3 is 18.7 Å². The fourth-order valence-corrected chi connectivity index (χ4v) is 2.25. The zero-order chi connectivity index (χ0) is 16.9. The van der Waals surface area contributed by atoms with Gasteiger partial charge in [-0.25, -0.2) is 0 Å². The third kappa shape index (κ3) is 3.32. The van der Waals surface area contributed by atoms with Gasteiger partial charge in [0.25, 0.3) is 5.89 Å². The number of hydrogen-bond acceptors (Lipinski definition) is 6. The summed E-state index contributed by atoms with van der Waals surface area (Å²) in [5.74, 6) is 2.87. The largest absolute Gasteiger partial charge is 0.493 e. The first kappa shape index (κ1) is 15.9. The molecule has 6 heteroatoms. The van der Waals surface area contributed by atoms with Crippen molar-refractivity contribution < 1.29 is 18.7 Å². The molecule has 0 radical (unpaired) electrons. The summed E-state index contributed by atoms with van der Waals surface area (Å²) >= 11 is 0. The molecule has 124 valence electrons. The molecule has 1 atom stereocenters. The van der Waals surface area contributed by atoms with Gasteiger partial charge in [0.05, 0.1) is 14.2 Å². The zero-order valence-corrected chi connectivity index (χ0v) is 13.7. The van der Waals surface area contributed by atoms with Crippen LogP contribution in [-0.2, 0) is 0 Å². The Hall–Kier alpha value is -3.02. The monoisotopic (exact) mass is 326 g/mol. The molecule has 2 aromatic carbocycles. The van der Waals surface area contributed by atoms with Gasteiger partial charge in [-0.3, -0.25) is 0 Å². The lowest BCUT2D eigenvalue weighted by Gasteiger charge is -2.10. The van der Waals surface area contributed by atoms with Gasteiger partial charge in [0.1, 0.15) is 5.75 Å². The molecule has 0 N–H and O–H groups in total. The second-order valence-corrected chi connectivity index (χ2v) is 5.10. The van der Waals surface area contributed by atoms with Gasteiger partial charge in [0.2, 0.25) is 5.82 Å². The van der Waals surface area contributed by atoms with E-state index >= 15 is 0 Å². The number of methoxy groups -OCH3 is 2. The lowest BCUT2D eigenvalue weighted by molar-refractivity contribution is 0.176. The van der Waals surface area contributed by atoms with E-state index in [0.29, 0.717) is 23.2 Å². The Balaban J connectivity index is 1.80. The van der Waals surface area contributed by atoms with Crippen LogP contribution in [0.1, 0.15) is 18.9 Å². The predicted octanol–water partition coefficient (Wildman–Crippen LogP) is 3.89. The van der Waals surface area contributed by atoms with Crippen LogP contribution in [0.25, 0.3) is 11.4 Å². The molecule has 0 spiro atoms. The number of hydrogen-bond donors (Lipinski definition) is 0. The molecular weight excluding hydrogens is 308 g/mol. The molecule has 0 amide bonds. The number of aromatic nitrogens is 2. The van der Waals surface area contributed by atoms with Crippen molar-refractivity contribution in [3.05, 3.63) is 54.4 Å². The summed E-state index contributed by atoms with van der Waals surface area (Å²) in [6.07, 6.45) is -0.353. The minimum atomic E-state index is -0.353. The first-order valence-corrected chi connectivity index (χ1v) is 7.49. The summed E-state index contributed by atoms with van der Waals surface area (Å²) in [5, 5.41) is 4.02. The molecule has 0 saturated carbocycles. The van der Waals surface area contributed by atoms with Gasteiger partial charge in [0, 0.05) is 5.56 Å². The predicted molar refractivity (Wildman–Crippen MR) is 88.3 cm³/mol. The molecule has 0 unspecified atom stereocenters. The van der Waals surface area contributed by atoms with Crippen molar-refractivity contribution >= 4 is 0 Å². The molecule has 3 rings (SSSR count). The van der Waals surface area contributed by atoms with Gasteiger partial charge in [-0.05, 0) is 37.3 Å². The Kier molecular flexibility index (Phi) is 4.65. The summed E-state index contributed by atoms with van der Waals surface area (Å²) in [5.41, 5.74) is 0.773. The molecule has 3 aromatic rings. The molecule has 24 heavy (non-hydrogen) atoms. The number of nitrogens with zero attached hydrogens (tertiary/aromatic N) is 2. The van der Waals surface area contributed by atoms with Crippen LogP contribution in [0.2, 0.25) is 0 Å². The molecule has 0 aliphatic rings. The van der Waals surface area contributed by atoms with Crippen molar-refractivity contribution in [1.82, 2.24) is 10.1 Å².